The van der Waals surface area contributed by atoms with Crippen LogP contribution in [0.25, 0.3) is 0 Å². The molecule has 0 amide bonds. The van der Waals surface area contributed by atoms with E-state index < -0.39 is 0 Å². The van der Waals surface area contributed by atoms with Gasteiger partial charge in [0.1, 0.15) is 24.4 Å². The molecule has 1 aromatic heterocycles. The summed E-state index contributed by atoms with van der Waals surface area (Å²) in [5.41, 5.74) is 1.92. The third-order valence-corrected chi connectivity index (χ3v) is 2.80. The highest BCUT2D eigenvalue weighted by Crippen LogP contribution is 2.34. The van der Waals surface area contributed by atoms with Crippen molar-refractivity contribution in [2.24, 2.45) is 0 Å². The van der Waals surface area contributed by atoms with Gasteiger partial charge in [0.15, 0.2) is 0 Å². The van der Waals surface area contributed by atoms with Crippen LogP contribution in [0.4, 0.5) is 0 Å². The van der Waals surface area contributed by atoms with Gasteiger partial charge in [-0.15, -0.1) is 0 Å². The molecule has 0 spiro atoms. The minimum atomic E-state index is 0.127. The summed E-state index contributed by atoms with van der Waals surface area (Å²) >= 11 is 0. The number of benzene rings is 1. The molecule has 0 radical (unpaired) electrons. The van der Waals surface area contributed by atoms with E-state index in [9.17, 15) is 5.11 Å². The molecule has 1 unspecified atom stereocenters. The maximum Gasteiger partial charge on any atom is 0.127 e. The second-order valence-corrected chi connectivity index (χ2v) is 3.96. The Morgan fingerprint density at radius 3 is 3.18 bits per heavy atom. The first-order chi connectivity index (χ1) is 8.33. The lowest BCUT2D eigenvalue weighted by Gasteiger charge is -2.09. The van der Waals surface area contributed by atoms with E-state index in [1.165, 1.54) is 0 Å². The molecule has 0 aliphatic carbocycles. The Labute approximate surface area is 98.0 Å². The normalized spacial score (nSPS) is 17.8. The Balaban J connectivity index is 1.71. The predicted octanol–water partition coefficient (Wildman–Crippen LogP) is 1.60. The summed E-state index contributed by atoms with van der Waals surface area (Å²) in [4.78, 5) is 0. The quantitative estimate of drug-likeness (QED) is 0.841. The summed E-state index contributed by atoms with van der Waals surface area (Å²) in [5.74, 6) is 0.962. The predicted molar refractivity (Wildman–Crippen MR) is 59.7 cm³/mol. The molecule has 0 saturated carbocycles. The number of fused-ring (bicyclic) bond motifs is 1. The minimum absolute atomic E-state index is 0.127. The molecule has 17 heavy (non-hydrogen) atoms. The van der Waals surface area contributed by atoms with Crippen molar-refractivity contribution in [3.8, 4) is 11.5 Å². The SMILES string of the molecule is Oc1ccc2c(c1)OCC2NCc1ccon1. The Kier molecular flexibility index (Phi) is 2.45. The van der Waals surface area contributed by atoms with E-state index in [1.54, 1.807) is 18.4 Å². The summed E-state index contributed by atoms with van der Waals surface area (Å²) in [6, 6.07) is 7.12. The lowest BCUT2D eigenvalue weighted by Crippen LogP contribution is -2.22. The standard InChI is InChI=1S/C12H12N2O3/c15-9-1-2-10-11(7-16-12(10)5-9)13-6-8-3-4-17-14-8/h1-5,11,13,15H,6-7H2. The maximum atomic E-state index is 9.34. The average molecular weight is 232 g/mol. The zero-order chi connectivity index (χ0) is 11.7. The number of nitrogens with one attached hydrogen (secondary N) is 1. The first-order valence-corrected chi connectivity index (χ1v) is 5.41. The van der Waals surface area contributed by atoms with E-state index in [4.69, 9.17) is 9.26 Å². The van der Waals surface area contributed by atoms with Gasteiger partial charge in [0.25, 0.3) is 0 Å². The molecular weight excluding hydrogens is 220 g/mol. The van der Waals surface area contributed by atoms with Gasteiger partial charge in [-0.05, 0) is 12.1 Å². The number of rotatable bonds is 3. The van der Waals surface area contributed by atoms with Crippen LogP contribution >= 0.6 is 0 Å². The van der Waals surface area contributed by atoms with E-state index in [0.717, 1.165) is 17.0 Å². The summed E-state index contributed by atoms with van der Waals surface area (Å²) in [6.45, 7) is 1.20. The number of nitrogens with zero attached hydrogens (tertiary/aromatic N) is 1. The highest BCUT2D eigenvalue weighted by Gasteiger charge is 2.23. The Hall–Kier alpha value is -2.01. The molecular formula is C12H12N2O3. The van der Waals surface area contributed by atoms with Crippen molar-refractivity contribution >= 4 is 0 Å². The second kappa shape index (κ2) is 4.10. The van der Waals surface area contributed by atoms with Gasteiger partial charge in [-0.1, -0.05) is 5.16 Å². The number of ether oxygens (including phenoxy) is 1. The summed E-state index contributed by atoms with van der Waals surface area (Å²) < 4.78 is 10.3. The van der Waals surface area contributed by atoms with Crippen molar-refractivity contribution in [2.45, 2.75) is 12.6 Å². The van der Waals surface area contributed by atoms with Crippen LogP contribution in [0, 0.1) is 0 Å². The fourth-order valence-electron chi connectivity index (χ4n) is 1.92. The van der Waals surface area contributed by atoms with Gasteiger partial charge < -0.3 is 19.7 Å². The van der Waals surface area contributed by atoms with Gasteiger partial charge in [0.05, 0.1) is 11.7 Å². The van der Waals surface area contributed by atoms with Crippen LogP contribution in [0.2, 0.25) is 0 Å². The molecule has 1 aliphatic rings. The molecule has 0 saturated heterocycles. The van der Waals surface area contributed by atoms with Crippen LogP contribution in [0.3, 0.4) is 0 Å². The molecule has 2 N–H and O–H groups in total. The zero-order valence-electron chi connectivity index (χ0n) is 9.09. The number of phenols is 1. The molecule has 1 aliphatic heterocycles. The molecule has 1 aromatic carbocycles. The number of phenolic OH excluding ortho intramolecular Hbond substituents is 1. The molecule has 3 rings (SSSR count). The van der Waals surface area contributed by atoms with Crippen LogP contribution < -0.4 is 10.1 Å². The van der Waals surface area contributed by atoms with Crippen LogP contribution in [-0.4, -0.2) is 16.9 Å². The maximum absolute atomic E-state index is 9.34. The van der Waals surface area contributed by atoms with Gasteiger partial charge in [-0.3, -0.25) is 0 Å². The fraction of sp³-hybridized carbons (Fsp3) is 0.250. The molecule has 88 valence electrons. The third kappa shape index (κ3) is 1.97. The first-order valence-electron chi connectivity index (χ1n) is 5.41. The number of aromatic nitrogens is 1. The van der Waals surface area contributed by atoms with E-state index >= 15 is 0 Å². The van der Waals surface area contributed by atoms with Crippen LogP contribution in [0.5, 0.6) is 11.5 Å². The van der Waals surface area contributed by atoms with Crippen molar-refractivity contribution in [2.75, 3.05) is 6.61 Å². The van der Waals surface area contributed by atoms with Gasteiger partial charge in [0.2, 0.25) is 0 Å². The molecule has 2 aromatic rings. The lowest BCUT2D eigenvalue weighted by atomic mass is 10.1. The molecule has 5 nitrogen and oxygen atoms in total. The smallest absolute Gasteiger partial charge is 0.127 e. The minimum Gasteiger partial charge on any atom is -0.508 e. The number of hydrogen-bond acceptors (Lipinski definition) is 5. The first kappa shape index (κ1) is 10.2. The van der Waals surface area contributed by atoms with Crippen molar-refractivity contribution < 1.29 is 14.4 Å². The van der Waals surface area contributed by atoms with Gasteiger partial charge in [0, 0.05) is 24.2 Å². The van der Waals surface area contributed by atoms with Crippen LogP contribution in [-0.2, 0) is 6.54 Å². The lowest BCUT2D eigenvalue weighted by molar-refractivity contribution is 0.308. The van der Waals surface area contributed by atoms with Crippen molar-refractivity contribution in [1.82, 2.24) is 10.5 Å². The second-order valence-electron chi connectivity index (χ2n) is 3.96. The molecule has 0 bridgehead atoms. The highest BCUT2D eigenvalue weighted by atomic mass is 16.5. The van der Waals surface area contributed by atoms with Gasteiger partial charge in [-0.25, -0.2) is 0 Å². The number of hydrogen-bond donors (Lipinski definition) is 2. The Bertz CT molecular complexity index is 510. The Morgan fingerprint density at radius 2 is 2.35 bits per heavy atom. The summed E-state index contributed by atoms with van der Waals surface area (Å²) in [5, 5.41) is 16.5. The Morgan fingerprint density at radius 1 is 1.41 bits per heavy atom. The van der Waals surface area contributed by atoms with Crippen LogP contribution in [0.1, 0.15) is 17.3 Å². The van der Waals surface area contributed by atoms with Crippen molar-refractivity contribution in [3.05, 3.63) is 41.8 Å². The average Bonchev–Trinajstić information content (AvgIpc) is 2.94. The van der Waals surface area contributed by atoms with E-state index in [0.29, 0.717) is 13.2 Å². The largest absolute Gasteiger partial charge is 0.508 e. The molecule has 0 fully saturated rings. The van der Waals surface area contributed by atoms with Crippen LogP contribution in [0.15, 0.2) is 35.1 Å². The molecule has 2 heterocycles. The summed E-state index contributed by atoms with van der Waals surface area (Å²) in [7, 11) is 0. The third-order valence-electron chi connectivity index (χ3n) is 2.80. The highest BCUT2D eigenvalue weighted by molar-refractivity contribution is 5.44. The van der Waals surface area contributed by atoms with Crippen molar-refractivity contribution in [3.63, 3.8) is 0 Å². The van der Waals surface area contributed by atoms with Gasteiger partial charge >= 0.3 is 0 Å². The van der Waals surface area contributed by atoms with E-state index in [-0.39, 0.29) is 11.8 Å². The molecule has 1 atom stereocenters. The van der Waals surface area contributed by atoms with E-state index in [1.807, 2.05) is 12.1 Å². The zero-order valence-corrected chi connectivity index (χ0v) is 9.09. The van der Waals surface area contributed by atoms with E-state index in [2.05, 4.69) is 10.5 Å². The van der Waals surface area contributed by atoms with Gasteiger partial charge in [-0.2, -0.15) is 0 Å². The fourth-order valence-corrected chi connectivity index (χ4v) is 1.92. The summed E-state index contributed by atoms with van der Waals surface area (Å²) in [6.07, 6.45) is 1.55. The number of aromatic hydroxyl groups is 1. The monoisotopic (exact) mass is 232 g/mol. The topological polar surface area (TPSA) is 67.5 Å². The molecule has 5 heteroatoms. The van der Waals surface area contributed by atoms with Crippen molar-refractivity contribution in [1.29, 1.82) is 0 Å².